The molecule has 1 amide bonds. The van der Waals surface area contributed by atoms with Gasteiger partial charge in [0.15, 0.2) is 0 Å². The first-order chi connectivity index (χ1) is 17.4. The van der Waals surface area contributed by atoms with Gasteiger partial charge in [-0.05, 0) is 60.4 Å². The Morgan fingerprint density at radius 2 is 1.61 bits per heavy atom. The Morgan fingerprint density at radius 3 is 2.31 bits per heavy atom. The zero-order chi connectivity index (χ0) is 25.2. The summed E-state index contributed by atoms with van der Waals surface area (Å²) in [6.45, 7) is 4.46. The molecular weight excluding hydrogens is 493 g/mol. The van der Waals surface area contributed by atoms with E-state index >= 15 is 0 Å². The monoisotopic (exact) mass is 515 g/mol. The summed E-state index contributed by atoms with van der Waals surface area (Å²) in [6, 6.07) is 17.5. The van der Waals surface area contributed by atoms with E-state index in [1.165, 1.54) is 17.5 Å². The molecular formula is C28H23Cl2N5O. The highest BCUT2D eigenvalue weighted by Gasteiger charge is 2.22. The van der Waals surface area contributed by atoms with Crippen molar-refractivity contribution in [3.05, 3.63) is 111 Å². The van der Waals surface area contributed by atoms with Crippen molar-refractivity contribution < 1.29 is 4.79 Å². The van der Waals surface area contributed by atoms with Crippen LogP contribution in [0.4, 0.5) is 0 Å². The number of halogens is 2. The molecule has 0 radical (unpaired) electrons. The number of aryl methyl sites for hydroxylation is 2. The quantitative estimate of drug-likeness (QED) is 0.270. The molecule has 36 heavy (non-hydrogen) atoms. The Hall–Kier alpha value is -3.74. The summed E-state index contributed by atoms with van der Waals surface area (Å²) in [5, 5.41) is 3.52. The molecule has 0 aliphatic carbocycles. The SMILES string of the molecule is Cc1cc2nc(C(CNC(=O)c3c(Cl)cc(-c4cncnc4)cc3Cl)c3ccccc3)[nH]c2cc1C. The first-order valence-electron chi connectivity index (χ1n) is 11.4. The molecule has 8 heteroatoms. The van der Waals surface area contributed by atoms with E-state index in [1.807, 2.05) is 30.3 Å². The number of carbonyl (C=O) groups is 1. The van der Waals surface area contributed by atoms with Crippen molar-refractivity contribution >= 4 is 40.1 Å². The Labute approximate surface area is 218 Å². The minimum Gasteiger partial charge on any atom is -0.351 e. The number of H-pyrrole nitrogens is 1. The number of aromatic amines is 1. The number of aromatic nitrogens is 4. The molecule has 0 saturated heterocycles. The summed E-state index contributed by atoms with van der Waals surface area (Å²) in [4.78, 5) is 29.6. The Bertz CT molecular complexity index is 1490. The maximum Gasteiger partial charge on any atom is 0.254 e. The van der Waals surface area contributed by atoms with E-state index in [2.05, 4.69) is 46.2 Å². The molecule has 180 valence electrons. The highest BCUT2D eigenvalue weighted by atomic mass is 35.5. The van der Waals surface area contributed by atoms with Crippen molar-refractivity contribution in [2.45, 2.75) is 19.8 Å². The molecule has 5 aromatic rings. The normalized spacial score (nSPS) is 12.0. The van der Waals surface area contributed by atoms with Crippen LogP contribution in [-0.2, 0) is 0 Å². The lowest BCUT2D eigenvalue weighted by molar-refractivity contribution is 0.0952. The standard InChI is InChI=1S/C28H23Cl2N5O/c1-16-8-24-25(9-17(16)2)35-27(34-24)21(18-6-4-3-5-7-18)14-33-28(36)26-22(29)10-19(11-23(26)30)20-12-31-15-32-13-20/h3-13,15,21H,14H2,1-2H3,(H,33,36)(H,34,35). The summed E-state index contributed by atoms with van der Waals surface area (Å²) in [5.41, 5.74) is 6.98. The lowest BCUT2D eigenvalue weighted by Crippen LogP contribution is -2.29. The van der Waals surface area contributed by atoms with Crippen molar-refractivity contribution in [2.75, 3.05) is 6.54 Å². The highest BCUT2D eigenvalue weighted by molar-refractivity contribution is 6.40. The van der Waals surface area contributed by atoms with Gasteiger partial charge in [-0.2, -0.15) is 0 Å². The number of imidazole rings is 1. The van der Waals surface area contributed by atoms with Crippen LogP contribution in [0.25, 0.3) is 22.2 Å². The largest absolute Gasteiger partial charge is 0.351 e. The third-order valence-corrected chi connectivity index (χ3v) is 6.87. The number of hydrogen-bond acceptors (Lipinski definition) is 4. The first kappa shape index (κ1) is 24.0. The fraction of sp³-hybridized carbons (Fsp3) is 0.143. The van der Waals surface area contributed by atoms with E-state index in [0.29, 0.717) is 6.54 Å². The first-order valence-corrected chi connectivity index (χ1v) is 12.2. The lowest BCUT2D eigenvalue weighted by Gasteiger charge is -2.17. The number of amides is 1. The molecule has 2 heterocycles. The van der Waals surface area contributed by atoms with Crippen LogP contribution >= 0.6 is 23.2 Å². The summed E-state index contributed by atoms with van der Waals surface area (Å²) in [6.07, 6.45) is 4.77. The zero-order valence-corrected chi connectivity index (χ0v) is 21.2. The summed E-state index contributed by atoms with van der Waals surface area (Å²) in [5.74, 6) is 0.226. The molecule has 5 rings (SSSR count). The van der Waals surface area contributed by atoms with E-state index < -0.39 is 0 Å². The molecule has 0 fully saturated rings. The van der Waals surface area contributed by atoms with Gasteiger partial charge in [0, 0.05) is 24.5 Å². The Kier molecular flexibility index (Phi) is 6.72. The van der Waals surface area contributed by atoms with Crippen LogP contribution in [0.1, 0.15) is 38.8 Å². The van der Waals surface area contributed by atoms with Gasteiger partial charge in [-0.15, -0.1) is 0 Å². The van der Waals surface area contributed by atoms with Crippen molar-refractivity contribution in [3.8, 4) is 11.1 Å². The van der Waals surface area contributed by atoms with Gasteiger partial charge in [0.25, 0.3) is 5.91 Å². The van der Waals surface area contributed by atoms with Gasteiger partial charge in [0.2, 0.25) is 0 Å². The average molecular weight is 516 g/mol. The minimum absolute atomic E-state index is 0.193. The van der Waals surface area contributed by atoms with E-state index in [1.54, 1.807) is 24.5 Å². The number of hydrogen-bond donors (Lipinski definition) is 2. The predicted molar refractivity (Wildman–Crippen MR) is 144 cm³/mol. The molecule has 0 saturated carbocycles. The Balaban J connectivity index is 1.43. The molecule has 2 aromatic heterocycles. The molecule has 0 bridgehead atoms. The van der Waals surface area contributed by atoms with Gasteiger partial charge in [-0.1, -0.05) is 53.5 Å². The van der Waals surface area contributed by atoms with E-state index in [-0.39, 0.29) is 27.4 Å². The minimum atomic E-state index is -0.357. The number of benzene rings is 3. The molecule has 1 atom stereocenters. The van der Waals surface area contributed by atoms with Crippen molar-refractivity contribution in [1.29, 1.82) is 0 Å². The fourth-order valence-corrected chi connectivity index (χ4v) is 4.86. The maximum absolute atomic E-state index is 13.2. The molecule has 0 spiro atoms. The second-order valence-electron chi connectivity index (χ2n) is 8.69. The molecule has 0 aliphatic rings. The number of fused-ring (bicyclic) bond motifs is 1. The fourth-order valence-electron chi connectivity index (χ4n) is 4.20. The van der Waals surface area contributed by atoms with Gasteiger partial charge in [-0.25, -0.2) is 15.0 Å². The predicted octanol–water partition coefficient (Wildman–Crippen LogP) is 6.51. The summed E-state index contributed by atoms with van der Waals surface area (Å²) >= 11 is 13.0. The van der Waals surface area contributed by atoms with Crippen LogP contribution in [0.15, 0.2) is 73.3 Å². The average Bonchev–Trinajstić information content (AvgIpc) is 3.27. The van der Waals surface area contributed by atoms with Crippen LogP contribution in [0.2, 0.25) is 10.0 Å². The lowest BCUT2D eigenvalue weighted by atomic mass is 9.98. The van der Waals surface area contributed by atoms with Gasteiger partial charge in [0.05, 0.1) is 32.6 Å². The maximum atomic E-state index is 13.2. The van der Waals surface area contributed by atoms with Crippen LogP contribution < -0.4 is 5.32 Å². The second kappa shape index (κ2) is 10.1. The second-order valence-corrected chi connectivity index (χ2v) is 9.51. The van der Waals surface area contributed by atoms with Gasteiger partial charge in [-0.3, -0.25) is 4.79 Å². The van der Waals surface area contributed by atoms with Crippen molar-refractivity contribution in [1.82, 2.24) is 25.3 Å². The molecule has 1 unspecified atom stereocenters. The third-order valence-electron chi connectivity index (χ3n) is 6.28. The number of carbonyl (C=O) groups excluding carboxylic acids is 1. The molecule has 3 aromatic carbocycles. The van der Waals surface area contributed by atoms with Crippen LogP contribution in [0.3, 0.4) is 0 Å². The number of rotatable bonds is 6. The topological polar surface area (TPSA) is 83.6 Å². The third kappa shape index (κ3) is 4.83. The highest BCUT2D eigenvalue weighted by Crippen LogP contribution is 2.32. The smallest absolute Gasteiger partial charge is 0.254 e. The Morgan fingerprint density at radius 1 is 0.944 bits per heavy atom. The van der Waals surface area contributed by atoms with Gasteiger partial charge in [0.1, 0.15) is 12.2 Å². The molecule has 2 N–H and O–H groups in total. The summed E-state index contributed by atoms with van der Waals surface area (Å²) < 4.78 is 0. The van der Waals surface area contributed by atoms with E-state index in [9.17, 15) is 4.79 Å². The number of nitrogens with zero attached hydrogens (tertiary/aromatic N) is 3. The van der Waals surface area contributed by atoms with E-state index in [4.69, 9.17) is 28.2 Å². The van der Waals surface area contributed by atoms with Crippen molar-refractivity contribution in [2.24, 2.45) is 0 Å². The number of nitrogens with one attached hydrogen (secondary N) is 2. The van der Waals surface area contributed by atoms with Crippen molar-refractivity contribution in [3.63, 3.8) is 0 Å². The zero-order valence-electron chi connectivity index (χ0n) is 19.7. The molecule has 0 aliphatic heterocycles. The van der Waals surface area contributed by atoms with Gasteiger partial charge >= 0.3 is 0 Å². The summed E-state index contributed by atoms with van der Waals surface area (Å²) in [7, 11) is 0. The van der Waals surface area contributed by atoms with Crippen LogP contribution in [0.5, 0.6) is 0 Å². The van der Waals surface area contributed by atoms with E-state index in [0.717, 1.165) is 33.5 Å². The molecule has 6 nitrogen and oxygen atoms in total. The van der Waals surface area contributed by atoms with Gasteiger partial charge < -0.3 is 10.3 Å². The van der Waals surface area contributed by atoms with Crippen LogP contribution in [0, 0.1) is 13.8 Å². The van der Waals surface area contributed by atoms with Crippen LogP contribution in [-0.4, -0.2) is 32.4 Å².